The SMILES string of the molecule is COc1cc(OC)c(OC)cc1/C=C1\SC(=S)N(C2CCCCC2)C1=O. The molecule has 0 spiro atoms. The van der Waals surface area contributed by atoms with Gasteiger partial charge < -0.3 is 14.2 Å². The summed E-state index contributed by atoms with van der Waals surface area (Å²) in [5.41, 5.74) is 0.759. The first kappa shape index (κ1) is 19.0. The van der Waals surface area contributed by atoms with Gasteiger partial charge in [0.25, 0.3) is 5.91 Å². The zero-order valence-electron chi connectivity index (χ0n) is 15.2. The molecule has 1 amide bonds. The minimum absolute atomic E-state index is 0.0104. The van der Waals surface area contributed by atoms with Crippen LogP contribution in [0.5, 0.6) is 17.2 Å². The lowest BCUT2D eigenvalue weighted by atomic mass is 9.94. The second-order valence-corrected chi connectivity index (χ2v) is 7.97. The lowest BCUT2D eigenvalue weighted by Crippen LogP contribution is -2.39. The van der Waals surface area contributed by atoms with E-state index in [4.69, 9.17) is 26.4 Å². The summed E-state index contributed by atoms with van der Waals surface area (Å²) in [6, 6.07) is 3.80. The van der Waals surface area contributed by atoms with Crippen molar-refractivity contribution in [2.24, 2.45) is 0 Å². The summed E-state index contributed by atoms with van der Waals surface area (Å²) in [6.07, 6.45) is 7.43. The summed E-state index contributed by atoms with van der Waals surface area (Å²) >= 11 is 6.85. The van der Waals surface area contributed by atoms with Crippen LogP contribution in [0.4, 0.5) is 0 Å². The first-order valence-electron chi connectivity index (χ1n) is 8.66. The van der Waals surface area contributed by atoms with Gasteiger partial charge in [0.05, 0.1) is 26.2 Å². The summed E-state index contributed by atoms with van der Waals surface area (Å²) in [5.74, 6) is 1.77. The molecule has 7 heteroatoms. The van der Waals surface area contributed by atoms with E-state index in [9.17, 15) is 4.79 Å². The number of nitrogens with zero attached hydrogens (tertiary/aromatic N) is 1. The molecule has 0 aromatic heterocycles. The third kappa shape index (κ3) is 3.69. The third-order valence-corrected chi connectivity index (χ3v) is 6.12. The predicted molar refractivity (Wildman–Crippen MR) is 108 cm³/mol. The highest BCUT2D eigenvalue weighted by molar-refractivity contribution is 8.26. The average molecular weight is 394 g/mol. The highest BCUT2D eigenvalue weighted by Crippen LogP contribution is 2.40. The average Bonchev–Trinajstić information content (AvgIpc) is 2.95. The number of rotatable bonds is 5. The minimum atomic E-state index is -0.0104. The minimum Gasteiger partial charge on any atom is -0.496 e. The van der Waals surface area contributed by atoms with Gasteiger partial charge in [-0.2, -0.15) is 0 Å². The number of amides is 1. The molecule has 0 radical (unpaired) electrons. The number of thioether (sulfide) groups is 1. The van der Waals surface area contributed by atoms with Gasteiger partial charge in [-0.3, -0.25) is 9.69 Å². The van der Waals surface area contributed by atoms with Crippen LogP contribution in [0.3, 0.4) is 0 Å². The number of benzene rings is 1. The van der Waals surface area contributed by atoms with E-state index in [0.717, 1.165) is 31.2 Å². The van der Waals surface area contributed by atoms with Gasteiger partial charge in [-0.25, -0.2) is 0 Å². The smallest absolute Gasteiger partial charge is 0.266 e. The lowest BCUT2D eigenvalue weighted by molar-refractivity contribution is -0.124. The summed E-state index contributed by atoms with van der Waals surface area (Å²) in [5, 5.41) is 0. The van der Waals surface area contributed by atoms with Crippen LogP contribution >= 0.6 is 24.0 Å². The van der Waals surface area contributed by atoms with E-state index in [1.165, 1.54) is 18.2 Å². The molecule has 1 saturated heterocycles. The summed E-state index contributed by atoms with van der Waals surface area (Å²) < 4.78 is 16.8. The molecule has 2 fully saturated rings. The van der Waals surface area contributed by atoms with Gasteiger partial charge in [0, 0.05) is 17.7 Å². The van der Waals surface area contributed by atoms with Crippen LogP contribution in [0.1, 0.15) is 37.7 Å². The van der Waals surface area contributed by atoms with E-state index in [2.05, 4.69) is 0 Å². The second-order valence-electron chi connectivity index (χ2n) is 6.29. The Hall–Kier alpha value is -1.73. The number of carbonyl (C=O) groups is 1. The zero-order chi connectivity index (χ0) is 18.7. The second kappa shape index (κ2) is 8.31. The van der Waals surface area contributed by atoms with Gasteiger partial charge in [0.2, 0.25) is 0 Å². The maximum absolute atomic E-state index is 12.9. The lowest BCUT2D eigenvalue weighted by Gasteiger charge is -2.29. The van der Waals surface area contributed by atoms with Crippen molar-refractivity contribution in [3.8, 4) is 17.2 Å². The van der Waals surface area contributed by atoms with Crippen molar-refractivity contribution in [1.82, 2.24) is 4.90 Å². The molecule has 1 aromatic carbocycles. The van der Waals surface area contributed by atoms with E-state index in [1.807, 2.05) is 12.1 Å². The van der Waals surface area contributed by atoms with Crippen molar-refractivity contribution >= 4 is 40.3 Å². The molecule has 26 heavy (non-hydrogen) atoms. The fourth-order valence-electron chi connectivity index (χ4n) is 3.44. The number of methoxy groups -OCH3 is 3. The molecule has 140 valence electrons. The predicted octanol–water partition coefficient (Wildman–Crippen LogP) is 4.25. The first-order chi connectivity index (χ1) is 12.6. The van der Waals surface area contributed by atoms with E-state index < -0.39 is 0 Å². The molecule has 5 nitrogen and oxygen atoms in total. The highest BCUT2D eigenvalue weighted by Gasteiger charge is 2.37. The molecule has 1 heterocycles. The number of hydrogen-bond acceptors (Lipinski definition) is 6. The molecule has 0 atom stereocenters. The van der Waals surface area contributed by atoms with Crippen LogP contribution in [-0.4, -0.2) is 42.5 Å². The summed E-state index contributed by atoms with van der Waals surface area (Å²) in [6.45, 7) is 0. The normalized spacial score (nSPS) is 20.0. The standard InChI is InChI=1S/C19H23NO4S2/c1-22-14-11-16(24-3)15(23-2)9-12(14)10-17-18(21)20(19(25)26-17)13-7-5-4-6-8-13/h9-11,13H,4-8H2,1-3H3/b17-10-. The maximum Gasteiger partial charge on any atom is 0.266 e. The van der Waals surface area contributed by atoms with Gasteiger partial charge in [-0.05, 0) is 25.0 Å². The molecule has 1 aromatic rings. The number of carbonyl (C=O) groups excluding carboxylic acids is 1. The molecule has 0 N–H and O–H groups in total. The quantitative estimate of drug-likeness (QED) is 0.551. The topological polar surface area (TPSA) is 48.0 Å². The fraction of sp³-hybridized carbons (Fsp3) is 0.474. The Bertz CT molecular complexity index is 741. The Kier molecular flexibility index (Phi) is 6.09. The third-order valence-electron chi connectivity index (χ3n) is 4.79. The Morgan fingerprint density at radius 3 is 2.27 bits per heavy atom. The fourth-order valence-corrected chi connectivity index (χ4v) is 4.83. The summed E-state index contributed by atoms with van der Waals surface area (Å²) in [4.78, 5) is 15.4. The number of ether oxygens (including phenoxy) is 3. The van der Waals surface area contributed by atoms with E-state index in [1.54, 1.807) is 32.3 Å². The van der Waals surface area contributed by atoms with E-state index >= 15 is 0 Å². The Balaban J connectivity index is 1.92. The van der Waals surface area contributed by atoms with Gasteiger partial charge in [0.15, 0.2) is 11.5 Å². The Morgan fingerprint density at radius 2 is 1.65 bits per heavy atom. The van der Waals surface area contributed by atoms with Crippen LogP contribution < -0.4 is 14.2 Å². The molecule has 0 bridgehead atoms. The van der Waals surface area contributed by atoms with Gasteiger partial charge >= 0.3 is 0 Å². The van der Waals surface area contributed by atoms with Crippen molar-refractivity contribution in [2.45, 2.75) is 38.1 Å². The van der Waals surface area contributed by atoms with Crippen LogP contribution in [0.2, 0.25) is 0 Å². The van der Waals surface area contributed by atoms with E-state index in [-0.39, 0.29) is 11.9 Å². The Labute approximate surface area is 163 Å². The van der Waals surface area contributed by atoms with Crippen molar-refractivity contribution < 1.29 is 19.0 Å². The van der Waals surface area contributed by atoms with Gasteiger partial charge in [-0.1, -0.05) is 43.2 Å². The van der Waals surface area contributed by atoms with Crippen molar-refractivity contribution in [1.29, 1.82) is 0 Å². The first-order valence-corrected chi connectivity index (χ1v) is 9.88. The molecule has 1 saturated carbocycles. The monoisotopic (exact) mass is 393 g/mol. The van der Waals surface area contributed by atoms with Gasteiger partial charge in [-0.15, -0.1) is 0 Å². The van der Waals surface area contributed by atoms with Crippen LogP contribution in [0.25, 0.3) is 6.08 Å². The highest BCUT2D eigenvalue weighted by atomic mass is 32.2. The molecule has 0 unspecified atom stereocenters. The largest absolute Gasteiger partial charge is 0.496 e. The molecular weight excluding hydrogens is 370 g/mol. The van der Waals surface area contributed by atoms with Gasteiger partial charge in [0.1, 0.15) is 10.1 Å². The molecule has 2 aliphatic rings. The van der Waals surface area contributed by atoms with Crippen molar-refractivity contribution in [2.75, 3.05) is 21.3 Å². The van der Waals surface area contributed by atoms with Crippen LogP contribution in [-0.2, 0) is 4.79 Å². The molecule has 3 rings (SSSR count). The van der Waals surface area contributed by atoms with E-state index in [0.29, 0.717) is 26.5 Å². The number of thiocarbonyl (C=S) groups is 1. The zero-order valence-corrected chi connectivity index (χ0v) is 16.9. The molecular formula is C19H23NO4S2. The molecule has 1 aliphatic heterocycles. The summed E-state index contributed by atoms with van der Waals surface area (Å²) in [7, 11) is 4.74. The molecule has 1 aliphatic carbocycles. The van der Waals surface area contributed by atoms with Crippen molar-refractivity contribution in [3.05, 3.63) is 22.6 Å². The van der Waals surface area contributed by atoms with Crippen LogP contribution in [0.15, 0.2) is 17.0 Å². The van der Waals surface area contributed by atoms with Crippen LogP contribution in [0, 0.1) is 0 Å². The number of hydrogen-bond donors (Lipinski definition) is 0. The maximum atomic E-state index is 12.9. The van der Waals surface area contributed by atoms with Crippen molar-refractivity contribution in [3.63, 3.8) is 0 Å². The Morgan fingerprint density at radius 1 is 1.04 bits per heavy atom.